The van der Waals surface area contributed by atoms with E-state index in [9.17, 15) is 4.79 Å². The summed E-state index contributed by atoms with van der Waals surface area (Å²) in [6.45, 7) is 4.00. The Balaban J connectivity index is 1.77. The molecule has 0 saturated carbocycles. The summed E-state index contributed by atoms with van der Waals surface area (Å²) in [5, 5.41) is 3.46. The Morgan fingerprint density at radius 3 is 2.90 bits per heavy atom. The van der Waals surface area contributed by atoms with Crippen LogP contribution >= 0.6 is 0 Å². The minimum Gasteiger partial charge on any atom is -0.335 e. The van der Waals surface area contributed by atoms with Gasteiger partial charge in [0.25, 0.3) is 5.91 Å². The van der Waals surface area contributed by atoms with Crippen LogP contribution in [0.25, 0.3) is 0 Å². The topological polar surface area (TPSA) is 58.1 Å². The summed E-state index contributed by atoms with van der Waals surface area (Å²) in [4.78, 5) is 22.6. The molecule has 1 aliphatic heterocycles. The summed E-state index contributed by atoms with van der Waals surface area (Å²) in [5.74, 6) is 0.00975. The van der Waals surface area contributed by atoms with Crippen LogP contribution in [0.5, 0.6) is 0 Å². The molecule has 1 fully saturated rings. The molecule has 5 heteroatoms. The first-order valence-electron chi connectivity index (χ1n) is 7.10. The second-order valence-electron chi connectivity index (χ2n) is 5.19. The van der Waals surface area contributed by atoms with Gasteiger partial charge in [-0.2, -0.15) is 0 Å². The molecular formula is C16H18N4O. The van der Waals surface area contributed by atoms with E-state index < -0.39 is 0 Å². The predicted molar refractivity (Wildman–Crippen MR) is 79.9 cm³/mol. The maximum atomic E-state index is 12.6. The molecule has 0 radical (unpaired) electrons. The summed E-state index contributed by atoms with van der Waals surface area (Å²) < 4.78 is 0. The number of piperazine rings is 1. The molecule has 0 unspecified atom stereocenters. The van der Waals surface area contributed by atoms with Crippen molar-refractivity contribution in [2.24, 2.45) is 0 Å². The van der Waals surface area contributed by atoms with E-state index in [1.807, 2.05) is 30.0 Å². The van der Waals surface area contributed by atoms with E-state index in [1.165, 1.54) is 11.9 Å². The summed E-state index contributed by atoms with van der Waals surface area (Å²) in [5.41, 5.74) is 2.52. The molecule has 1 N–H and O–H groups in total. The lowest BCUT2D eigenvalue weighted by atomic mass is 10.0. The van der Waals surface area contributed by atoms with Crippen LogP contribution < -0.4 is 5.32 Å². The highest BCUT2D eigenvalue weighted by Gasteiger charge is 2.26. The van der Waals surface area contributed by atoms with Gasteiger partial charge in [0.1, 0.15) is 6.33 Å². The molecule has 2 heterocycles. The molecule has 1 aliphatic rings. The number of carbonyl (C=O) groups excluding carboxylic acids is 1. The summed E-state index contributed by atoms with van der Waals surface area (Å²) in [6.07, 6.45) is 3.07. The van der Waals surface area contributed by atoms with Gasteiger partial charge in [0.2, 0.25) is 0 Å². The Morgan fingerprint density at radius 1 is 1.33 bits per heavy atom. The molecule has 21 heavy (non-hydrogen) atoms. The summed E-state index contributed by atoms with van der Waals surface area (Å²) in [6, 6.07) is 10.4. The fourth-order valence-electron chi connectivity index (χ4n) is 2.61. The van der Waals surface area contributed by atoms with Gasteiger partial charge in [-0.1, -0.05) is 30.3 Å². The number of nitrogens with zero attached hydrogens (tertiary/aromatic N) is 3. The highest BCUT2D eigenvalue weighted by atomic mass is 16.2. The van der Waals surface area contributed by atoms with E-state index in [1.54, 1.807) is 6.20 Å². The van der Waals surface area contributed by atoms with E-state index in [4.69, 9.17) is 0 Å². The highest BCUT2D eigenvalue weighted by molar-refractivity contribution is 5.95. The number of hydrogen-bond donors (Lipinski definition) is 1. The van der Waals surface area contributed by atoms with Crippen molar-refractivity contribution in [3.8, 4) is 0 Å². The highest BCUT2D eigenvalue weighted by Crippen LogP contribution is 2.18. The van der Waals surface area contributed by atoms with Crippen LogP contribution in [0, 0.1) is 6.92 Å². The Morgan fingerprint density at radius 2 is 2.14 bits per heavy atom. The van der Waals surface area contributed by atoms with Gasteiger partial charge in [-0.3, -0.25) is 4.79 Å². The fraction of sp³-hybridized carbons (Fsp3) is 0.312. The van der Waals surface area contributed by atoms with Crippen LogP contribution in [0.4, 0.5) is 0 Å². The van der Waals surface area contributed by atoms with E-state index in [2.05, 4.69) is 27.4 Å². The zero-order chi connectivity index (χ0) is 14.7. The zero-order valence-corrected chi connectivity index (χ0v) is 12.0. The average Bonchev–Trinajstić information content (AvgIpc) is 2.56. The number of amides is 1. The second-order valence-corrected chi connectivity index (χ2v) is 5.19. The largest absolute Gasteiger partial charge is 0.335 e. The van der Waals surface area contributed by atoms with Crippen LogP contribution in [-0.2, 0) is 0 Å². The van der Waals surface area contributed by atoms with Crippen LogP contribution in [0.15, 0.2) is 42.9 Å². The number of hydrogen-bond acceptors (Lipinski definition) is 4. The second kappa shape index (κ2) is 6.01. The third-order valence-electron chi connectivity index (χ3n) is 3.81. The Bertz CT molecular complexity index is 629. The number of nitrogens with one attached hydrogen (secondary N) is 1. The number of carbonyl (C=O) groups is 1. The molecule has 1 aromatic heterocycles. The maximum absolute atomic E-state index is 12.6. The fourth-order valence-corrected chi connectivity index (χ4v) is 2.61. The van der Waals surface area contributed by atoms with Crippen molar-refractivity contribution in [2.45, 2.75) is 13.0 Å². The third-order valence-corrected chi connectivity index (χ3v) is 3.81. The molecule has 1 aromatic carbocycles. The van der Waals surface area contributed by atoms with Gasteiger partial charge in [0, 0.05) is 31.9 Å². The minimum absolute atomic E-state index is 0.00975. The number of aryl methyl sites for hydroxylation is 1. The Labute approximate surface area is 124 Å². The van der Waals surface area contributed by atoms with Crippen LogP contribution in [0.2, 0.25) is 0 Å². The number of benzene rings is 1. The Kier molecular flexibility index (Phi) is 3.92. The molecule has 3 rings (SSSR count). The zero-order valence-electron chi connectivity index (χ0n) is 12.0. The first-order valence-corrected chi connectivity index (χ1v) is 7.10. The van der Waals surface area contributed by atoms with Crippen LogP contribution in [0.1, 0.15) is 27.7 Å². The minimum atomic E-state index is 0.00975. The van der Waals surface area contributed by atoms with Crippen molar-refractivity contribution < 1.29 is 4.79 Å². The van der Waals surface area contributed by atoms with Gasteiger partial charge >= 0.3 is 0 Å². The SMILES string of the molecule is Cc1ncncc1C(=O)N1CCN[C@@H](c2ccccc2)C1. The standard InChI is InChI=1S/C16H18N4O/c1-12-14(9-17-11-19-12)16(21)20-8-7-18-15(10-20)13-5-3-2-4-6-13/h2-6,9,11,15,18H,7-8,10H2,1H3/t15-/m1/s1. The molecule has 0 aliphatic carbocycles. The molecule has 1 atom stereocenters. The van der Waals surface area contributed by atoms with E-state index in [0.29, 0.717) is 18.7 Å². The van der Waals surface area contributed by atoms with Crippen molar-refractivity contribution >= 4 is 5.91 Å². The molecule has 108 valence electrons. The monoisotopic (exact) mass is 282 g/mol. The normalized spacial score (nSPS) is 18.5. The number of rotatable bonds is 2. The van der Waals surface area contributed by atoms with Gasteiger partial charge in [0.15, 0.2) is 0 Å². The van der Waals surface area contributed by atoms with E-state index >= 15 is 0 Å². The third kappa shape index (κ3) is 2.92. The molecule has 0 spiro atoms. The van der Waals surface area contributed by atoms with Crippen molar-refractivity contribution in [2.75, 3.05) is 19.6 Å². The van der Waals surface area contributed by atoms with Crippen molar-refractivity contribution in [1.82, 2.24) is 20.2 Å². The predicted octanol–water partition coefficient (Wildman–Crippen LogP) is 1.57. The van der Waals surface area contributed by atoms with E-state index in [-0.39, 0.29) is 11.9 Å². The lowest BCUT2D eigenvalue weighted by Crippen LogP contribution is -2.48. The first kappa shape index (κ1) is 13.7. The summed E-state index contributed by atoms with van der Waals surface area (Å²) >= 11 is 0. The lowest BCUT2D eigenvalue weighted by molar-refractivity contribution is 0.0701. The molecule has 0 bridgehead atoms. The molecule has 1 amide bonds. The van der Waals surface area contributed by atoms with Gasteiger partial charge in [-0.15, -0.1) is 0 Å². The molecular weight excluding hydrogens is 264 g/mol. The van der Waals surface area contributed by atoms with Crippen molar-refractivity contribution in [3.63, 3.8) is 0 Å². The van der Waals surface area contributed by atoms with E-state index in [0.717, 1.165) is 12.2 Å². The first-order chi connectivity index (χ1) is 10.3. The maximum Gasteiger partial charge on any atom is 0.257 e. The quantitative estimate of drug-likeness (QED) is 0.908. The number of aromatic nitrogens is 2. The Hall–Kier alpha value is -2.27. The van der Waals surface area contributed by atoms with Crippen LogP contribution in [0.3, 0.4) is 0 Å². The van der Waals surface area contributed by atoms with Crippen molar-refractivity contribution in [1.29, 1.82) is 0 Å². The van der Waals surface area contributed by atoms with Gasteiger partial charge in [0.05, 0.1) is 11.3 Å². The van der Waals surface area contributed by atoms with Crippen LogP contribution in [-0.4, -0.2) is 40.4 Å². The molecule has 2 aromatic rings. The average molecular weight is 282 g/mol. The van der Waals surface area contributed by atoms with Gasteiger partial charge in [-0.25, -0.2) is 9.97 Å². The molecule has 5 nitrogen and oxygen atoms in total. The molecule has 1 saturated heterocycles. The lowest BCUT2D eigenvalue weighted by Gasteiger charge is -2.34. The smallest absolute Gasteiger partial charge is 0.257 e. The van der Waals surface area contributed by atoms with Gasteiger partial charge < -0.3 is 10.2 Å². The van der Waals surface area contributed by atoms with Crippen molar-refractivity contribution in [3.05, 3.63) is 59.7 Å². The van der Waals surface area contributed by atoms with Gasteiger partial charge in [-0.05, 0) is 12.5 Å². The summed E-state index contributed by atoms with van der Waals surface area (Å²) in [7, 11) is 0.